The minimum Gasteiger partial charge on any atom is -0.481 e. The summed E-state index contributed by atoms with van der Waals surface area (Å²) in [7, 11) is 0. The maximum Gasteiger partial charge on any atom is 0.310 e. The van der Waals surface area contributed by atoms with Gasteiger partial charge in [0.25, 0.3) is 0 Å². The highest BCUT2D eigenvalue weighted by Crippen LogP contribution is 2.76. The first kappa shape index (κ1) is 40.9. The number of aliphatic hydroxyl groups is 7. The molecule has 7 aliphatic rings. The number of aliphatic hydroxyl groups excluding tert-OH is 7. The number of allylic oxidation sites excluding steroid dienone is 2. The third-order valence-corrected chi connectivity index (χ3v) is 17.0. The van der Waals surface area contributed by atoms with Crippen molar-refractivity contribution in [3.63, 3.8) is 0 Å². The zero-order valence-corrected chi connectivity index (χ0v) is 32.9. The van der Waals surface area contributed by atoms with Gasteiger partial charge in [-0.2, -0.15) is 0 Å². The van der Waals surface area contributed by atoms with E-state index in [4.69, 9.17) is 18.9 Å². The van der Waals surface area contributed by atoms with Crippen molar-refractivity contribution >= 4 is 5.97 Å². The molecule has 18 atom stereocenters. The van der Waals surface area contributed by atoms with Crippen LogP contribution in [0.5, 0.6) is 0 Å². The van der Waals surface area contributed by atoms with Crippen LogP contribution < -0.4 is 0 Å². The summed E-state index contributed by atoms with van der Waals surface area (Å²) >= 11 is 0. The summed E-state index contributed by atoms with van der Waals surface area (Å²) < 4.78 is 23.7. The van der Waals surface area contributed by atoms with E-state index in [2.05, 4.69) is 47.6 Å². The van der Waals surface area contributed by atoms with Gasteiger partial charge in [-0.25, -0.2) is 0 Å². The Bertz CT molecular complexity index is 1450. The van der Waals surface area contributed by atoms with Crippen LogP contribution in [0.25, 0.3) is 0 Å². The smallest absolute Gasteiger partial charge is 0.310 e. The van der Waals surface area contributed by atoms with E-state index in [0.717, 1.165) is 51.4 Å². The van der Waals surface area contributed by atoms with E-state index in [-0.39, 0.29) is 46.7 Å². The Labute approximate surface area is 319 Å². The second-order valence-corrected chi connectivity index (χ2v) is 20.1. The number of ether oxygens (including phenoxy) is 4. The minimum absolute atomic E-state index is 0.0293. The first-order valence-corrected chi connectivity index (χ1v) is 20.4. The lowest BCUT2D eigenvalue weighted by Crippen LogP contribution is -2.67. The normalized spacial score (nSPS) is 54.3. The summed E-state index contributed by atoms with van der Waals surface area (Å²) in [5, 5.41) is 84.8. The number of rotatable bonds is 7. The summed E-state index contributed by atoms with van der Waals surface area (Å²) in [6, 6.07) is 0. The molecular weight excluding hydrogens is 700 g/mol. The summed E-state index contributed by atoms with van der Waals surface area (Å²) in [5.74, 6) is -0.227. The van der Waals surface area contributed by atoms with Crippen molar-refractivity contribution in [3.05, 3.63) is 11.6 Å². The molecule has 0 spiro atoms. The van der Waals surface area contributed by atoms with Crippen molar-refractivity contribution in [3.8, 4) is 0 Å². The van der Waals surface area contributed by atoms with Crippen LogP contribution in [0.4, 0.5) is 0 Å². The minimum atomic E-state index is -1.72. The number of hydrogen-bond acceptors (Lipinski definition) is 12. The highest BCUT2D eigenvalue weighted by molar-refractivity contribution is 5.76. The monoisotopic (exact) mass is 766 g/mol. The Morgan fingerprint density at radius 2 is 1.52 bits per heavy atom. The zero-order valence-electron chi connectivity index (χ0n) is 32.9. The first-order valence-electron chi connectivity index (χ1n) is 20.4. The van der Waals surface area contributed by atoms with E-state index >= 15 is 0 Å². The van der Waals surface area contributed by atoms with E-state index in [1.54, 1.807) is 0 Å². The number of carbonyl (C=O) groups is 1. The van der Waals surface area contributed by atoms with Crippen molar-refractivity contribution < 1.29 is 64.6 Å². The molecule has 6 fully saturated rings. The topological polar surface area (TPSA) is 216 Å². The predicted molar refractivity (Wildman–Crippen MR) is 193 cm³/mol. The second kappa shape index (κ2) is 14.0. The molecule has 0 aromatic carbocycles. The lowest BCUT2D eigenvalue weighted by molar-refractivity contribution is -0.358. The largest absolute Gasteiger partial charge is 0.481 e. The fourth-order valence-corrected chi connectivity index (χ4v) is 13.4. The summed E-state index contributed by atoms with van der Waals surface area (Å²) in [6.07, 6.45) is -3.15. The second-order valence-electron chi connectivity index (χ2n) is 20.1. The van der Waals surface area contributed by atoms with Crippen molar-refractivity contribution in [2.24, 2.45) is 50.2 Å². The maximum atomic E-state index is 13.0. The molecular formula is C41H66O13. The summed E-state index contributed by atoms with van der Waals surface area (Å²) in [4.78, 5) is 13.0. The van der Waals surface area contributed by atoms with E-state index < -0.39 is 84.8 Å². The Balaban J connectivity index is 1.11. The van der Waals surface area contributed by atoms with Crippen LogP contribution in [0.3, 0.4) is 0 Å². The molecule has 13 heteroatoms. The molecule has 8 N–H and O–H groups in total. The van der Waals surface area contributed by atoms with Crippen LogP contribution in [-0.4, -0.2) is 128 Å². The predicted octanol–water partition coefficient (Wildman–Crippen LogP) is 2.49. The lowest BCUT2D eigenvalue weighted by Gasteiger charge is -2.71. The summed E-state index contributed by atoms with van der Waals surface area (Å²) in [5.41, 5.74) is -0.295. The van der Waals surface area contributed by atoms with Crippen LogP contribution in [0.2, 0.25) is 0 Å². The number of carboxylic acids is 1. The molecule has 0 aromatic heterocycles. The Kier molecular flexibility index (Phi) is 10.6. The summed E-state index contributed by atoms with van der Waals surface area (Å²) in [6.45, 7) is 12.8. The molecule has 2 heterocycles. The van der Waals surface area contributed by atoms with Gasteiger partial charge in [-0.15, -0.1) is 0 Å². The van der Waals surface area contributed by atoms with Crippen LogP contribution in [0, 0.1) is 50.2 Å². The fourth-order valence-electron chi connectivity index (χ4n) is 13.4. The van der Waals surface area contributed by atoms with Gasteiger partial charge in [0.05, 0.1) is 31.3 Å². The van der Waals surface area contributed by atoms with Gasteiger partial charge in [0.1, 0.15) is 42.7 Å². The zero-order chi connectivity index (χ0) is 39.4. The highest BCUT2D eigenvalue weighted by atomic mass is 16.7. The van der Waals surface area contributed by atoms with Crippen molar-refractivity contribution in [1.29, 1.82) is 0 Å². The Hall–Kier alpha value is -1.23. The van der Waals surface area contributed by atoms with Crippen molar-refractivity contribution in [2.75, 3.05) is 19.8 Å². The molecule has 0 bridgehead atoms. The lowest BCUT2D eigenvalue weighted by atomic mass is 9.33. The number of hydrogen-bond donors (Lipinski definition) is 8. The molecule has 13 nitrogen and oxygen atoms in total. The Morgan fingerprint density at radius 1 is 0.815 bits per heavy atom. The van der Waals surface area contributed by atoms with Gasteiger partial charge in [-0.1, -0.05) is 53.2 Å². The van der Waals surface area contributed by atoms with Crippen molar-refractivity contribution in [1.82, 2.24) is 0 Å². The average molecular weight is 767 g/mol. The van der Waals surface area contributed by atoms with Gasteiger partial charge in [0.2, 0.25) is 0 Å². The number of aliphatic carboxylic acids is 1. The van der Waals surface area contributed by atoms with Gasteiger partial charge in [0, 0.05) is 5.41 Å². The molecule has 2 aliphatic heterocycles. The fraction of sp³-hybridized carbons (Fsp3) is 0.927. The molecule has 0 radical (unpaired) electrons. The van der Waals surface area contributed by atoms with E-state index in [9.17, 15) is 45.6 Å². The standard InChI is InChI=1S/C41H66O13/c1-36(2)13-15-41(35(49)50)16-14-39(5)21(22(41)17-36)7-8-26-37(3)11-10-27(38(4,20-43)25(37)9-12-40(26,39)6)53-33-31(48)32(23(44)19-51-33)54-34-30(47)29(46)28(45)24(18-42)52-34/h7,22-34,42-48H,8-20H2,1-6H3,(H,49,50)/t22-,23-,24+,25+,26+,27-,28+,29-,30+,31+,32-,33-,34-,37-,38+,39+,40+,41-/m0/s1. The number of fused-ring (bicyclic) bond motifs is 7. The average Bonchev–Trinajstić information content (AvgIpc) is 3.12. The van der Waals surface area contributed by atoms with Gasteiger partial charge in [-0.05, 0) is 104 Å². The van der Waals surface area contributed by atoms with Gasteiger partial charge < -0.3 is 59.8 Å². The molecule has 4 saturated carbocycles. The quantitative estimate of drug-likeness (QED) is 0.138. The van der Waals surface area contributed by atoms with E-state index in [1.807, 2.05) is 0 Å². The molecule has 7 rings (SSSR count). The first-order chi connectivity index (χ1) is 25.2. The maximum absolute atomic E-state index is 13.0. The van der Waals surface area contributed by atoms with Crippen LogP contribution in [0.1, 0.15) is 106 Å². The number of carboxylic acid groups (broad SMARTS) is 1. The molecule has 0 unspecified atom stereocenters. The molecule has 5 aliphatic carbocycles. The molecule has 54 heavy (non-hydrogen) atoms. The van der Waals surface area contributed by atoms with Crippen LogP contribution in [0.15, 0.2) is 11.6 Å². The van der Waals surface area contributed by atoms with Crippen LogP contribution >= 0.6 is 0 Å². The van der Waals surface area contributed by atoms with Gasteiger partial charge >= 0.3 is 5.97 Å². The third-order valence-electron chi connectivity index (χ3n) is 17.0. The molecule has 0 amide bonds. The molecule has 0 aromatic rings. The Morgan fingerprint density at radius 3 is 2.19 bits per heavy atom. The van der Waals surface area contributed by atoms with Gasteiger partial charge in [-0.3, -0.25) is 4.79 Å². The van der Waals surface area contributed by atoms with Crippen molar-refractivity contribution in [2.45, 2.75) is 167 Å². The SMILES string of the molecule is CC1(C)CC[C@]2(C(=O)O)CC[C@]3(C)C(=CC[C@@H]4[C@@]5(C)CC[C@H](O[C@@H]6OC[C@H](O)[C@H](O[C@@H]7O[C@H](CO)[C@@H](O)[C@H](O)[C@H]7O)[C@H]6O)[C@](C)(CO)[C@@H]5CC[C@]43C)[C@@H]2C1. The van der Waals surface area contributed by atoms with E-state index in [0.29, 0.717) is 18.8 Å². The van der Waals surface area contributed by atoms with E-state index in [1.165, 1.54) is 5.57 Å². The highest BCUT2D eigenvalue weighted by Gasteiger charge is 2.70. The van der Waals surface area contributed by atoms with Crippen LogP contribution in [-0.2, 0) is 23.7 Å². The van der Waals surface area contributed by atoms with Gasteiger partial charge in [0.15, 0.2) is 12.6 Å². The molecule has 2 saturated heterocycles. The molecule has 308 valence electrons. The third kappa shape index (κ3) is 5.92.